The van der Waals surface area contributed by atoms with Crippen molar-refractivity contribution in [2.45, 2.75) is 13.8 Å². The monoisotopic (exact) mass is 298 g/mol. The first-order valence-electron chi connectivity index (χ1n) is 6.75. The average Bonchev–Trinajstić information content (AvgIpc) is 2.38. The number of aromatic nitrogens is 1. The lowest BCUT2D eigenvalue weighted by Crippen LogP contribution is -2.47. The summed E-state index contributed by atoms with van der Waals surface area (Å²) in [6, 6.07) is 2.77. The van der Waals surface area contributed by atoms with E-state index < -0.39 is 4.92 Å². The van der Waals surface area contributed by atoms with Gasteiger partial charge >= 0.3 is 0 Å². The molecule has 2 heterocycles. The van der Waals surface area contributed by atoms with Crippen molar-refractivity contribution in [1.82, 2.24) is 9.88 Å². The van der Waals surface area contributed by atoms with E-state index >= 15 is 0 Å². The zero-order valence-corrected chi connectivity index (χ0v) is 12.5. The van der Waals surface area contributed by atoms with Crippen LogP contribution in [-0.4, -0.2) is 47.5 Å². The fourth-order valence-electron chi connectivity index (χ4n) is 2.41. The quantitative estimate of drug-likeness (QED) is 0.485. The number of nitro groups is 1. The molecule has 1 saturated heterocycles. The molecule has 0 saturated carbocycles. The normalized spacial score (nSPS) is 16.7. The highest BCUT2D eigenvalue weighted by Crippen LogP contribution is 2.24. The van der Waals surface area contributed by atoms with Crippen LogP contribution >= 0.6 is 11.6 Å². The highest BCUT2D eigenvalue weighted by Gasteiger charge is 2.21. The van der Waals surface area contributed by atoms with Gasteiger partial charge in [0.05, 0.1) is 17.1 Å². The molecule has 0 radical (unpaired) electrons. The standard InChI is InChI=1S/C13H19ClN4O2/c1-10(2)9-16-3-5-17(6-4-16)13-8-11(18(19)20)7-12(14)15-13/h7-8,10H,3-6,9H2,1-2H3. The molecule has 0 atom stereocenters. The van der Waals surface area contributed by atoms with Crippen LogP contribution in [0.2, 0.25) is 5.15 Å². The van der Waals surface area contributed by atoms with Gasteiger partial charge in [0.2, 0.25) is 0 Å². The van der Waals surface area contributed by atoms with E-state index in [0.29, 0.717) is 11.7 Å². The summed E-state index contributed by atoms with van der Waals surface area (Å²) < 4.78 is 0. The third kappa shape index (κ3) is 3.80. The molecule has 1 aliphatic heterocycles. The lowest BCUT2D eigenvalue weighted by Gasteiger charge is -2.36. The number of rotatable bonds is 4. The van der Waals surface area contributed by atoms with E-state index in [4.69, 9.17) is 11.6 Å². The minimum Gasteiger partial charge on any atom is -0.354 e. The largest absolute Gasteiger partial charge is 0.354 e. The maximum atomic E-state index is 10.9. The van der Waals surface area contributed by atoms with Crippen molar-refractivity contribution in [3.05, 3.63) is 27.4 Å². The molecular formula is C13H19ClN4O2. The fraction of sp³-hybridized carbons (Fsp3) is 0.615. The second-order valence-corrected chi connectivity index (χ2v) is 5.83. The Bertz CT molecular complexity index is 487. The lowest BCUT2D eigenvalue weighted by atomic mass is 10.2. The van der Waals surface area contributed by atoms with Gasteiger partial charge in [0, 0.05) is 32.7 Å². The Morgan fingerprint density at radius 3 is 2.55 bits per heavy atom. The maximum Gasteiger partial charge on any atom is 0.276 e. The molecule has 0 amide bonds. The first-order chi connectivity index (χ1) is 9.45. The number of hydrogen-bond acceptors (Lipinski definition) is 5. The van der Waals surface area contributed by atoms with E-state index in [1.807, 2.05) is 0 Å². The van der Waals surface area contributed by atoms with Crippen LogP contribution in [0.3, 0.4) is 0 Å². The van der Waals surface area contributed by atoms with Crippen LogP contribution in [-0.2, 0) is 0 Å². The van der Waals surface area contributed by atoms with Crippen molar-refractivity contribution in [2.24, 2.45) is 5.92 Å². The summed E-state index contributed by atoms with van der Waals surface area (Å²) in [7, 11) is 0. The molecule has 1 fully saturated rings. The molecule has 6 nitrogen and oxygen atoms in total. The zero-order valence-electron chi connectivity index (χ0n) is 11.8. The van der Waals surface area contributed by atoms with Gasteiger partial charge in [0.25, 0.3) is 5.69 Å². The minimum absolute atomic E-state index is 0.00962. The van der Waals surface area contributed by atoms with Gasteiger partial charge in [-0.05, 0) is 5.92 Å². The summed E-state index contributed by atoms with van der Waals surface area (Å²) in [5, 5.41) is 11.0. The van der Waals surface area contributed by atoms with Crippen LogP contribution in [0.25, 0.3) is 0 Å². The number of hydrogen-bond donors (Lipinski definition) is 0. The van der Waals surface area contributed by atoms with Crippen molar-refractivity contribution in [3.63, 3.8) is 0 Å². The Morgan fingerprint density at radius 2 is 2.00 bits per heavy atom. The first-order valence-corrected chi connectivity index (χ1v) is 7.13. The molecule has 0 spiro atoms. The fourth-order valence-corrected chi connectivity index (χ4v) is 2.61. The molecular weight excluding hydrogens is 280 g/mol. The second kappa shape index (κ2) is 6.37. The summed E-state index contributed by atoms with van der Waals surface area (Å²) in [6.45, 7) is 9.01. The Balaban J connectivity index is 2.05. The van der Waals surface area contributed by atoms with E-state index in [1.165, 1.54) is 12.1 Å². The van der Waals surface area contributed by atoms with Gasteiger partial charge in [-0.25, -0.2) is 4.98 Å². The number of anilines is 1. The predicted molar refractivity (Wildman–Crippen MR) is 79.4 cm³/mol. The third-order valence-electron chi connectivity index (χ3n) is 3.30. The Kier molecular flexibility index (Phi) is 4.77. The molecule has 2 rings (SSSR count). The molecule has 7 heteroatoms. The van der Waals surface area contributed by atoms with E-state index in [-0.39, 0.29) is 10.8 Å². The summed E-state index contributed by atoms with van der Waals surface area (Å²) in [5.74, 6) is 1.24. The van der Waals surface area contributed by atoms with E-state index in [0.717, 1.165) is 32.7 Å². The third-order valence-corrected chi connectivity index (χ3v) is 3.49. The van der Waals surface area contributed by atoms with Crippen molar-refractivity contribution < 1.29 is 4.92 Å². The molecule has 110 valence electrons. The Morgan fingerprint density at radius 1 is 1.35 bits per heavy atom. The van der Waals surface area contributed by atoms with Crippen molar-refractivity contribution in [3.8, 4) is 0 Å². The predicted octanol–water partition coefficient (Wildman–Crippen LogP) is 2.42. The van der Waals surface area contributed by atoms with Crippen LogP contribution in [0.1, 0.15) is 13.8 Å². The van der Waals surface area contributed by atoms with Gasteiger partial charge in [-0.2, -0.15) is 0 Å². The number of pyridine rings is 1. The van der Waals surface area contributed by atoms with Crippen molar-refractivity contribution in [2.75, 3.05) is 37.6 Å². The minimum atomic E-state index is -0.438. The average molecular weight is 299 g/mol. The van der Waals surface area contributed by atoms with E-state index in [9.17, 15) is 10.1 Å². The van der Waals surface area contributed by atoms with Crippen LogP contribution in [0.4, 0.5) is 11.5 Å². The number of piperazine rings is 1. The molecule has 0 unspecified atom stereocenters. The molecule has 0 aliphatic carbocycles. The summed E-state index contributed by atoms with van der Waals surface area (Å²) >= 11 is 5.86. The smallest absolute Gasteiger partial charge is 0.276 e. The lowest BCUT2D eigenvalue weighted by molar-refractivity contribution is -0.384. The molecule has 1 aromatic rings. The molecule has 20 heavy (non-hydrogen) atoms. The SMILES string of the molecule is CC(C)CN1CCN(c2cc([N+](=O)[O-])cc(Cl)n2)CC1. The van der Waals surface area contributed by atoms with Gasteiger partial charge in [0.1, 0.15) is 11.0 Å². The van der Waals surface area contributed by atoms with Crippen LogP contribution < -0.4 is 4.90 Å². The van der Waals surface area contributed by atoms with Crippen molar-refractivity contribution >= 4 is 23.1 Å². The summed E-state index contributed by atoms with van der Waals surface area (Å²) in [4.78, 5) is 19.1. The van der Waals surface area contributed by atoms with E-state index in [2.05, 4.69) is 28.6 Å². The van der Waals surface area contributed by atoms with Gasteiger partial charge in [-0.15, -0.1) is 0 Å². The molecule has 0 aromatic carbocycles. The van der Waals surface area contributed by atoms with Gasteiger partial charge < -0.3 is 4.90 Å². The van der Waals surface area contributed by atoms with Gasteiger partial charge in [-0.1, -0.05) is 25.4 Å². The highest BCUT2D eigenvalue weighted by atomic mass is 35.5. The topological polar surface area (TPSA) is 62.5 Å². The highest BCUT2D eigenvalue weighted by molar-refractivity contribution is 6.29. The molecule has 1 aliphatic rings. The van der Waals surface area contributed by atoms with Crippen LogP contribution in [0.15, 0.2) is 12.1 Å². The molecule has 1 aromatic heterocycles. The van der Waals surface area contributed by atoms with Gasteiger partial charge in [-0.3, -0.25) is 15.0 Å². The first kappa shape index (κ1) is 15.0. The van der Waals surface area contributed by atoms with Crippen LogP contribution in [0, 0.1) is 16.0 Å². The van der Waals surface area contributed by atoms with E-state index in [1.54, 1.807) is 0 Å². The maximum absolute atomic E-state index is 10.9. The second-order valence-electron chi connectivity index (χ2n) is 5.44. The Hall–Kier alpha value is -1.40. The van der Waals surface area contributed by atoms with Gasteiger partial charge in [0.15, 0.2) is 0 Å². The summed E-state index contributed by atoms with van der Waals surface area (Å²) in [5.41, 5.74) is -0.00962. The van der Waals surface area contributed by atoms with Crippen molar-refractivity contribution in [1.29, 1.82) is 0 Å². The molecule has 0 N–H and O–H groups in total. The zero-order chi connectivity index (χ0) is 14.7. The molecule has 0 bridgehead atoms. The summed E-state index contributed by atoms with van der Waals surface area (Å²) in [6.07, 6.45) is 0. The number of nitrogens with zero attached hydrogens (tertiary/aromatic N) is 4. The number of halogens is 1. The van der Waals surface area contributed by atoms with Crippen LogP contribution in [0.5, 0.6) is 0 Å². The Labute approximate surface area is 123 Å².